The largest absolute Gasteiger partial charge is 0.508 e. The van der Waals surface area contributed by atoms with Crippen molar-refractivity contribution >= 4 is 11.7 Å². The number of phenols is 2. The first-order valence-corrected chi connectivity index (χ1v) is 13.6. The van der Waals surface area contributed by atoms with Gasteiger partial charge in [0.25, 0.3) is 0 Å². The highest BCUT2D eigenvalue weighted by Crippen LogP contribution is 2.45. The number of rotatable bonds is 2. The lowest BCUT2D eigenvalue weighted by Gasteiger charge is -2.27. The first kappa shape index (κ1) is 26.0. The molecule has 0 saturated carbocycles. The van der Waals surface area contributed by atoms with Crippen LogP contribution in [0, 0.1) is 12.3 Å². The first-order chi connectivity index (χ1) is 18.3. The van der Waals surface area contributed by atoms with Gasteiger partial charge in [-0.1, -0.05) is 49.9 Å². The van der Waals surface area contributed by atoms with E-state index in [1.54, 1.807) is 12.1 Å². The van der Waals surface area contributed by atoms with Crippen molar-refractivity contribution in [1.29, 1.82) is 5.41 Å². The molecular formula is C32H35NO5. The van der Waals surface area contributed by atoms with Gasteiger partial charge in [-0.2, -0.15) is 0 Å². The summed E-state index contributed by atoms with van der Waals surface area (Å²) in [5.41, 5.74) is 5.85. The smallest absolute Gasteiger partial charge is 0.216 e. The molecule has 0 radical (unpaired) electrons. The SMILES string of the molecule is Cc1cc(-c2cc3c(O)cc2OC(=N)C(O)CCCCCCC3c2cccc3c2CCCC3=O)ccc1O. The Kier molecular flexibility index (Phi) is 7.52. The second kappa shape index (κ2) is 11.0. The van der Waals surface area contributed by atoms with E-state index in [1.165, 1.54) is 6.07 Å². The van der Waals surface area contributed by atoms with E-state index < -0.39 is 6.10 Å². The average Bonchev–Trinajstić information content (AvgIpc) is 2.90. The van der Waals surface area contributed by atoms with Gasteiger partial charge in [-0.15, -0.1) is 0 Å². The number of fused-ring (bicyclic) bond motifs is 12. The standard InChI is InChI=1S/C32H35NO5/c1-19-16-20(14-15-27(19)34)25-17-26-23(21-9-6-11-24-22(21)10-7-13-28(24)35)8-4-2-3-5-12-29(36)32(33)38-31(25)18-30(26)37/h6,9,11,14-18,23,29,33-34,36-37H,2-5,7-8,10,12-13H2,1H3. The molecule has 38 heavy (non-hydrogen) atoms. The predicted molar refractivity (Wildman–Crippen MR) is 148 cm³/mol. The molecule has 3 aromatic carbocycles. The Labute approximate surface area is 223 Å². The highest BCUT2D eigenvalue weighted by Gasteiger charge is 2.28. The van der Waals surface area contributed by atoms with Crippen LogP contribution in [-0.4, -0.2) is 33.1 Å². The zero-order valence-corrected chi connectivity index (χ0v) is 21.8. The molecule has 198 valence electrons. The molecule has 0 saturated heterocycles. The van der Waals surface area contributed by atoms with Crippen LogP contribution in [0.2, 0.25) is 0 Å². The third-order valence-corrected chi connectivity index (χ3v) is 7.97. The lowest BCUT2D eigenvalue weighted by molar-refractivity contribution is 0.0972. The fourth-order valence-electron chi connectivity index (χ4n) is 5.87. The van der Waals surface area contributed by atoms with Crippen LogP contribution >= 0.6 is 0 Å². The molecule has 6 nitrogen and oxygen atoms in total. The minimum Gasteiger partial charge on any atom is -0.508 e. The molecule has 2 aliphatic heterocycles. The predicted octanol–water partition coefficient (Wildman–Crippen LogP) is 6.80. The van der Waals surface area contributed by atoms with E-state index >= 15 is 0 Å². The van der Waals surface area contributed by atoms with Crippen LogP contribution < -0.4 is 4.74 Å². The topological polar surface area (TPSA) is 111 Å². The van der Waals surface area contributed by atoms with Crippen LogP contribution in [-0.2, 0) is 6.42 Å². The van der Waals surface area contributed by atoms with Crippen molar-refractivity contribution in [3.63, 3.8) is 0 Å². The van der Waals surface area contributed by atoms with Crippen LogP contribution in [0.4, 0.5) is 0 Å². The van der Waals surface area contributed by atoms with Crippen molar-refractivity contribution in [2.75, 3.05) is 0 Å². The number of phenolic OH excluding ortho intramolecular Hbond substituents is 2. The number of hydrogen-bond acceptors (Lipinski definition) is 6. The average molecular weight is 514 g/mol. The number of aromatic hydroxyl groups is 2. The molecule has 6 rings (SSSR count). The Morgan fingerprint density at radius 1 is 0.842 bits per heavy atom. The number of aliphatic hydroxyl groups excluding tert-OH is 1. The van der Waals surface area contributed by atoms with E-state index in [1.807, 2.05) is 31.2 Å². The third-order valence-electron chi connectivity index (χ3n) is 7.97. The molecule has 2 heterocycles. The normalized spacial score (nSPS) is 20.5. The second-order valence-corrected chi connectivity index (χ2v) is 10.6. The van der Waals surface area contributed by atoms with Gasteiger partial charge in [0, 0.05) is 35.1 Å². The van der Waals surface area contributed by atoms with E-state index in [0.29, 0.717) is 24.0 Å². The summed E-state index contributed by atoms with van der Waals surface area (Å²) < 4.78 is 5.87. The number of ketones is 1. The maximum absolute atomic E-state index is 12.7. The molecule has 0 aromatic heterocycles. The summed E-state index contributed by atoms with van der Waals surface area (Å²) in [7, 11) is 0. The Hall–Kier alpha value is -3.64. The molecule has 2 unspecified atom stereocenters. The van der Waals surface area contributed by atoms with Gasteiger partial charge in [0.05, 0.1) is 0 Å². The van der Waals surface area contributed by atoms with Crippen LogP contribution in [0.15, 0.2) is 48.5 Å². The number of hydrogen-bond donors (Lipinski definition) is 4. The van der Waals surface area contributed by atoms with Crippen molar-refractivity contribution in [3.8, 4) is 28.4 Å². The molecule has 3 aliphatic rings. The summed E-state index contributed by atoms with van der Waals surface area (Å²) in [5, 5.41) is 40.3. The number of carbonyl (C=O) groups is 1. The number of aryl methyl sites for hydroxylation is 1. The van der Waals surface area contributed by atoms with Crippen molar-refractivity contribution < 1.29 is 24.9 Å². The molecule has 0 spiro atoms. The molecule has 0 fully saturated rings. The molecule has 3 aromatic rings. The molecule has 2 atom stereocenters. The van der Waals surface area contributed by atoms with E-state index in [2.05, 4.69) is 6.07 Å². The fraction of sp³-hybridized carbons (Fsp3) is 0.375. The van der Waals surface area contributed by atoms with Gasteiger partial charge in [-0.3, -0.25) is 10.2 Å². The van der Waals surface area contributed by atoms with Gasteiger partial charge in [0.2, 0.25) is 5.90 Å². The van der Waals surface area contributed by atoms with Gasteiger partial charge in [-0.05, 0) is 73.1 Å². The van der Waals surface area contributed by atoms with E-state index in [0.717, 1.165) is 72.8 Å². The first-order valence-electron chi connectivity index (χ1n) is 13.6. The third kappa shape index (κ3) is 5.18. The number of ether oxygens (including phenoxy) is 1. The molecular weight excluding hydrogens is 478 g/mol. The van der Waals surface area contributed by atoms with Gasteiger partial charge < -0.3 is 20.1 Å². The summed E-state index contributed by atoms with van der Waals surface area (Å²) in [6, 6.07) is 14.7. The van der Waals surface area contributed by atoms with Gasteiger partial charge in [0.15, 0.2) is 5.78 Å². The van der Waals surface area contributed by atoms with Crippen molar-refractivity contribution in [2.24, 2.45) is 0 Å². The summed E-state index contributed by atoms with van der Waals surface area (Å²) >= 11 is 0. The molecule has 6 heteroatoms. The van der Waals surface area contributed by atoms with Crippen molar-refractivity contribution in [1.82, 2.24) is 0 Å². The molecule has 0 amide bonds. The zero-order valence-electron chi connectivity index (χ0n) is 21.8. The Morgan fingerprint density at radius 2 is 1.63 bits per heavy atom. The summed E-state index contributed by atoms with van der Waals surface area (Å²) in [6.07, 6.45) is 6.10. The lowest BCUT2D eigenvalue weighted by atomic mass is 9.78. The van der Waals surface area contributed by atoms with Gasteiger partial charge >= 0.3 is 0 Å². The van der Waals surface area contributed by atoms with E-state index in [9.17, 15) is 20.1 Å². The summed E-state index contributed by atoms with van der Waals surface area (Å²) in [6.45, 7) is 1.81. The monoisotopic (exact) mass is 513 g/mol. The molecule has 4 N–H and O–H groups in total. The maximum Gasteiger partial charge on any atom is 0.216 e. The zero-order chi connectivity index (χ0) is 26.8. The van der Waals surface area contributed by atoms with Crippen LogP contribution in [0.25, 0.3) is 11.1 Å². The molecule has 1 aliphatic carbocycles. The van der Waals surface area contributed by atoms with Crippen LogP contribution in [0.1, 0.15) is 89.9 Å². The highest BCUT2D eigenvalue weighted by molar-refractivity contribution is 5.98. The Bertz CT molecular complexity index is 1380. The minimum absolute atomic E-state index is 0.0586. The highest BCUT2D eigenvalue weighted by atomic mass is 16.5. The number of Topliss-reactive ketones (excluding diaryl/α,β-unsaturated/α-hetero) is 1. The van der Waals surface area contributed by atoms with Gasteiger partial charge in [-0.25, -0.2) is 0 Å². The molecule has 2 bridgehead atoms. The van der Waals surface area contributed by atoms with Crippen LogP contribution in [0.3, 0.4) is 0 Å². The Morgan fingerprint density at radius 3 is 2.42 bits per heavy atom. The minimum atomic E-state index is -1.02. The van der Waals surface area contributed by atoms with E-state index in [4.69, 9.17) is 10.1 Å². The van der Waals surface area contributed by atoms with Crippen molar-refractivity contribution in [3.05, 3.63) is 76.3 Å². The quantitative estimate of drug-likeness (QED) is 0.301. The van der Waals surface area contributed by atoms with E-state index in [-0.39, 0.29) is 34.8 Å². The number of carbonyl (C=O) groups excluding carboxylic acids is 1. The maximum atomic E-state index is 12.7. The second-order valence-electron chi connectivity index (χ2n) is 10.6. The number of aliphatic hydroxyl groups is 1. The van der Waals surface area contributed by atoms with Crippen LogP contribution in [0.5, 0.6) is 17.2 Å². The number of benzene rings is 3. The lowest BCUT2D eigenvalue weighted by Crippen LogP contribution is -2.25. The summed E-state index contributed by atoms with van der Waals surface area (Å²) in [5.74, 6) is 0.330. The van der Waals surface area contributed by atoms with Gasteiger partial charge in [0.1, 0.15) is 23.4 Å². The van der Waals surface area contributed by atoms with Crippen molar-refractivity contribution in [2.45, 2.75) is 76.7 Å². The Balaban J connectivity index is 1.70. The number of nitrogens with one attached hydrogen (secondary N) is 1. The fourth-order valence-corrected chi connectivity index (χ4v) is 5.87. The summed E-state index contributed by atoms with van der Waals surface area (Å²) in [4.78, 5) is 12.7.